The number of amides is 1. The Hall–Kier alpha value is -2.92. The number of anilines is 1. The molecule has 4 nitrogen and oxygen atoms in total. The second kappa shape index (κ2) is 7.24. The summed E-state index contributed by atoms with van der Waals surface area (Å²) >= 11 is 1.63. The van der Waals surface area contributed by atoms with Gasteiger partial charge in [0.1, 0.15) is 0 Å². The van der Waals surface area contributed by atoms with Crippen LogP contribution in [0.4, 0.5) is 5.69 Å². The zero-order valence-electron chi connectivity index (χ0n) is 15.5. The van der Waals surface area contributed by atoms with E-state index in [1.807, 2.05) is 29.2 Å². The van der Waals surface area contributed by atoms with Crippen LogP contribution >= 0.6 is 11.3 Å². The van der Waals surface area contributed by atoms with Gasteiger partial charge in [0.2, 0.25) is 5.91 Å². The van der Waals surface area contributed by atoms with Crippen molar-refractivity contribution in [2.45, 2.75) is 25.7 Å². The van der Waals surface area contributed by atoms with Crippen molar-refractivity contribution in [2.75, 3.05) is 11.4 Å². The fourth-order valence-electron chi connectivity index (χ4n) is 3.92. The molecule has 0 aliphatic carbocycles. The summed E-state index contributed by atoms with van der Waals surface area (Å²) in [7, 11) is 0. The third kappa shape index (κ3) is 3.12. The highest BCUT2D eigenvalue weighted by Gasteiger charge is 2.22. The van der Waals surface area contributed by atoms with Gasteiger partial charge in [0, 0.05) is 41.5 Å². The van der Waals surface area contributed by atoms with E-state index in [9.17, 15) is 4.79 Å². The number of nitrogens with zero attached hydrogens (tertiary/aromatic N) is 3. The second-order valence-corrected chi connectivity index (χ2v) is 7.99. The molecule has 0 spiro atoms. The molecular weight excluding hydrogens is 366 g/mol. The van der Waals surface area contributed by atoms with Crippen LogP contribution < -0.4 is 4.90 Å². The number of fused-ring (bicyclic) bond motifs is 2. The lowest BCUT2D eigenvalue weighted by Crippen LogP contribution is -2.35. The SMILES string of the molecule is O=C(CCc1csc2nc(-c3ccccc3)cn12)N1CCCc2ccccc21. The van der Waals surface area contributed by atoms with Gasteiger partial charge in [0.25, 0.3) is 0 Å². The normalized spacial score (nSPS) is 13.6. The third-order valence-corrected chi connectivity index (χ3v) is 6.25. The van der Waals surface area contributed by atoms with E-state index >= 15 is 0 Å². The number of imidazole rings is 1. The highest BCUT2D eigenvalue weighted by Crippen LogP contribution is 2.28. The van der Waals surface area contributed by atoms with Crippen LogP contribution in [0, 0.1) is 0 Å². The highest BCUT2D eigenvalue weighted by atomic mass is 32.1. The molecule has 1 amide bonds. The van der Waals surface area contributed by atoms with Crippen LogP contribution in [0.25, 0.3) is 16.2 Å². The Bertz CT molecular complexity index is 1130. The van der Waals surface area contributed by atoms with Gasteiger partial charge in [0.15, 0.2) is 4.96 Å². The molecule has 28 heavy (non-hydrogen) atoms. The van der Waals surface area contributed by atoms with Crippen LogP contribution in [0.3, 0.4) is 0 Å². The van der Waals surface area contributed by atoms with Crippen LogP contribution in [0.5, 0.6) is 0 Å². The van der Waals surface area contributed by atoms with Gasteiger partial charge in [-0.3, -0.25) is 9.20 Å². The Balaban J connectivity index is 1.34. The summed E-state index contributed by atoms with van der Waals surface area (Å²) in [6.07, 6.45) is 5.41. The molecule has 4 aromatic rings. The molecule has 140 valence electrons. The Morgan fingerprint density at radius 2 is 1.89 bits per heavy atom. The number of hydrogen-bond acceptors (Lipinski definition) is 3. The van der Waals surface area contributed by atoms with Gasteiger partial charge >= 0.3 is 0 Å². The number of para-hydroxylation sites is 1. The van der Waals surface area contributed by atoms with Gasteiger partial charge in [-0.1, -0.05) is 48.5 Å². The minimum Gasteiger partial charge on any atom is -0.312 e. The van der Waals surface area contributed by atoms with E-state index in [4.69, 9.17) is 4.98 Å². The zero-order valence-corrected chi connectivity index (χ0v) is 16.4. The molecule has 5 rings (SSSR count). The lowest BCUT2D eigenvalue weighted by Gasteiger charge is -2.29. The minimum atomic E-state index is 0.204. The molecule has 2 aromatic carbocycles. The summed E-state index contributed by atoms with van der Waals surface area (Å²) in [5, 5.41) is 2.12. The zero-order chi connectivity index (χ0) is 18.9. The lowest BCUT2D eigenvalue weighted by molar-refractivity contribution is -0.118. The van der Waals surface area contributed by atoms with Crippen molar-refractivity contribution in [3.8, 4) is 11.3 Å². The van der Waals surface area contributed by atoms with Crippen LogP contribution in [0.1, 0.15) is 24.1 Å². The molecule has 1 aliphatic heterocycles. The van der Waals surface area contributed by atoms with Gasteiger partial charge in [0.05, 0.1) is 5.69 Å². The van der Waals surface area contributed by atoms with Crippen LogP contribution in [0.15, 0.2) is 66.2 Å². The highest BCUT2D eigenvalue weighted by molar-refractivity contribution is 7.15. The summed E-state index contributed by atoms with van der Waals surface area (Å²) in [4.78, 5) is 20.6. The van der Waals surface area contributed by atoms with E-state index in [2.05, 4.69) is 46.3 Å². The number of aromatic nitrogens is 2. The smallest absolute Gasteiger partial charge is 0.227 e. The summed E-state index contributed by atoms with van der Waals surface area (Å²) in [6.45, 7) is 0.818. The van der Waals surface area contributed by atoms with Crippen molar-refractivity contribution in [1.82, 2.24) is 9.38 Å². The van der Waals surface area contributed by atoms with E-state index in [1.165, 1.54) is 5.56 Å². The predicted molar refractivity (Wildman–Crippen MR) is 114 cm³/mol. The molecule has 0 radical (unpaired) electrons. The number of carbonyl (C=O) groups is 1. The minimum absolute atomic E-state index is 0.204. The van der Waals surface area contributed by atoms with Crippen molar-refractivity contribution in [1.29, 1.82) is 0 Å². The Morgan fingerprint density at radius 1 is 1.07 bits per heavy atom. The van der Waals surface area contributed by atoms with Crippen molar-refractivity contribution in [2.24, 2.45) is 0 Å². The van der Waals surface area contributed by atoms with Crippen molar-refractivity contribution in [3.05, 3.63) is 77.4 Å². The first-order chi connectivity index (χ1) is 13.8. The molecule has 1 aliphatic rings. The fraction of sp³-hybridized carbons (Fsp3) is 0.217. The number of aryl methyl sites for hydroxylation is 2. The monoisotopic (exact) mass is 387 g/mol. The topological polar surface area (TPSA) is 37.6 Å². The molecule has 0 atom stereocenters. The summed E-state index contributed by atoms with van der Waals surface area (Å²) in [5.74, 6) is 0.204. The van der Waals surface area contributed by atoms with Gasteiger partial charge in [-0.2, -0.15) is 0 Å². The Kier molecular flexibility index (Phi) is 4.45. The summed E-state index contributed by atoms with van der Waals surface area (Å²) in [6, 6.07) is 18.5. The molecule has 3 heterocycles. The van der Waals surface area contributed by atoms with Crippen molar-refractivity contribution < 1.29 is 4.79 Å². The van der Waals surface area contributed by atoms with Crippen molar-refractivity contribution in [3.63, 3.8) is 0 Å². The van der Waals surface area contributed by atoms with E-state index in [0.29, 0.717) is 6.42 Å². The molecule has 0 bridgehead atoms. The second-order valence-electron chi connectivity index (χ2n) is 7.15. The van der Waals surface area contributed by atoms with Crippen molar-refractivity contribution >= 4 is 27.9 Å². The number of rotatable bonds is 4. The molecule has 2 aromatic heterocycles. The maximum atomic E-state index is 12.9. The maximum Gasteiger partial charge on any atom is 0.227 e. The molecule has 0 fully saturated rings. The van der Waals surface area contributed by atoms with Gasteiger partial charge in [-0.15, -0.1) is 11.3 Å². The molecule has 0 unspecified atom stereocenters. The molecular formula is C23H21N3OS. The van der Waals surface area contributed by atoms with Gasteiger partial charge in [-0.25, -0.2) is 4.98 Å². The largest absolute Gasteiger partial charge is 0.312 e. The lowest BCUT2D eigenvalue weighted by atomic mass is 10.0. The summed E-state index contributed by atoms with van der Waals surface area (Å²) < 4.78 is 2.13. The Labute approximate surface area is 168 Å². The number of carbonyl (C=O) groups excluding carboxylic acids is 1. The number of hydrogen-bond donors (Lipinski definition) is 0. The standard InChI is InChI=1S/C23H21N3OS/c27-22(25-14-6-10-18-9-4-5-11-21(18)25)13-12-19-16-28-23-24-20(15-26(19)23)17-7-2-1-3-8-17/h1-5,7-9,11,15-16H,6,10,12-14H2. The van der Waals surface area contributed by atoms with Crippen LogP contribution in [-0.4, -0.2) is 21.8 Å². The fourth-order valence-corrected chi connectivity index (χ4v) is 4.83. The maximum absolute atomic E-state index is 12.9. The van der Waals surface area contributed by atoms with E-state index in [-0.39, 0.29) is 5.91 Å². The molecule has 0 N–H and O–H groups in total. The average Bonchev–Trinajstić information content (AvgIpc) is 3.33. The summed E-state index contributed by atoms with van der Waals surface area (Å²) in [5.41, 5.74) is 5.61. The first-order valence-corrected chi connectivity index (χ1v) is 10.6. The van der Waals surface area contributed by atoms with Crippen LogP contribution in [0.2, 0.25) is 0 Å². The Morgan fingerprint density at radius 3 is 2.79 bits per heavy atom. The quantitative estimate of drug-likeness (QED) is 0.495. The van der Waals surface area contributed by atoms with Gasteiger partial charge < -0.3 is 4.90 Å². The van der Waals surface area contributed by atoms with E-state index < -0.39 is 0 Å². The molecule has 5 heteroatoms. The first kappa shape index (κ1) is 17.2. The number of thiazole rings is 1. The van der Waals surface area contributed by atoms with E-state index in [0.717, 1.165) is 53.4 Å². The van der Waals surface area contributed by atoms with Crippen LogP contribution in [-0.2, 0) is 17.6 Å². The molecule has 0 saturated heterocycles. The number of benzene rings is 2. The predicted octanol–water partition coefficient (Wildman–Crippen LogP) is 4.97. The van der Waals surface area contributed by atoms with Gasteiger partial charge in [-0.05, 0) is 30.9 Å². The average molecular weight is 388 g/mol. The molecule has 0 saturated carbocycles. The van der Waals surface area contributed by atoms with E-state index in [1.54, 1.807) is 11.3 Å². The third-order valence-electron chi connectivity index (χ3n) is 5.36. The first-order valence-electron chi connectivity index (χ1n) is 9.69.